The zero-order valence-corrected chi connectivity index (χ0v) is 17.3. The van der Waals surface area contributed by atoms with E-state index in [-0.39, 0.29) is 16.7 Å². The molecule has 1 aromatic carbocycles. The Morgan fingerprint density at radius 1 is 1.15 bits per heavy atom. The zero-order valence-electron chi connectivity index (χ0n) is 16.5. The zero-order chi connectivity index (χ0) is 18.6. The number of nitrogens with zero attached hydrogens (tertiary/aromatic N) is 2. The molecule has 4 nitrogen and oxygen atoms in total. The average molecular weight is 376 g/mol. The highest BCUT2D eigenvalue weighted by atomic mass is 32.2. The van der Waals surface area contributed by atoms with E-state index in [4.69, 9.17) is 0 Å². The summed E-state index contributed by atoms with van der Waals surface area (Å²) in [5.74, 6) is 0.163. The minimum Gasteiger partial charge on any atom is -0.353 e. The Morgan fingerprint density at radius 2 is 1.77 bits per heavy atom. The van der Waals surface area contributed by atoms with E-state index in [0.29, 0.717) is 0 Å². The van der Waals surface area contributed by atoms with Crippen molar-refractivity contribution < 1.29 is 4.79 Å². The van der Waals surface area contributed by atoms with Gasteiger partial charge in [-0.15, -0.1) is 11.8 Å². The molecule has 1 unspecified atom stereocenters. The smallest absolute Gasteiger partial charge is 0.233 e. The first-order valence-corrected chi connectivity index (χ1v) is 10.8. The van der Waals surface area contributed by atoms with Gasteiger partial charge in [0.25, 0.3) is 0 Å². The van der Waals surface area contributed by atoms with Crippen molar-refractivity contribution in [3.05, 3.63) is 29.8 Å². The lowest BCUT2D eigenvalue weighted by atomic mass is 9.93. The monoisotopic (exact) mass is 375 g/mol. The minimum atomic E-state index is -0.0661. The van der Waals surface area contributed by atoms with Crippen molar-refractivity contribution >= 4 is 17.7 Å². The van der Waals surface area contributed by atoms with Gasteiger partial charge in [-0.1, -0.05) is 30.5 Å². The van der Waals surface area contributed by atoms with E-state index >= 15 is 0 Å². The fourth-order valence-electron chi connectivity index (χ4n) is 4.19. The first-order chi connectivity index (χ1) is 12.5. The van der Waals surface area contributed by atoms with Crippen LogP contribution in [0.3, 0.4) is 0 Å². The summed E-state index contributed by atoms with van der Waals surface area (Å²) in [6.45, 7) is 9.42. The third-order valence-corrected chi connectivity index (χ3v) is 7.12. The van der Waals surface area contributed by atoms with Crippen LogP contribution < -0.4 is 5.32 Å². The molecular formula is C21H33N3OS. The molecule has 1 N–H and O–H groups in total. The molecule has 1 saturated heterocycles. The van der Waals surface area contributed by atoms with Gasteiger partial charge in [-0.2, -0.15) is 0 Å². The molecule has 0 bridgehead atoms. The molecule has 1 aliphatic carbocycles. The Morgan fingerprint density at radius 3 is 2.38 bits per heavy atom. The number of likely N-dealkylation sites (N-methyl/N-ethyl adjacent to an activating group) is 1. The number of hydrogen-bond donors (Lipinski definition) is 1. The Labute approximate surface area is 162 Å². The topological polar surface area (TPSA) is 35.6 Å². The van der Waals surface area contributed by atoms with E-state index in [2.05, 4.69) is 53.4 Å². The van der Waals surface area contributed by atoms with Gasteiger partial charge in [-0.25, -0.2) is 0 Å². The van der Waals surface area contributed by atoms with Gasteiger partial charge in [0.1, 0.15) is 0 Å². The van der Waals surface area contributed by atoms with Crippen LogP contribution in [0.15, 0.2) is 29.2 Å². The second kappa shape index (κ2) is 8.77. The average Bonchev–Trinajstić information content (AvgIpc) is 3.12. The van der Waals surface area contributed by atoms with Crippen LogP contribution in [0.2, 0.25) is 0 Å². The number of amides is 1. The Hall–Kier alpha value is -1.04. The highest BCUT2D eigenvalue weighted by Crippen LogP contribution is 2.35. The van der Waals surface area contributed by atoms with Crippen LogP contribution in [0, 0.1) is 6.92 Å². The van der Waals surface area contributed by atoms with E-state index in [0.717, 1.165) is 37.6 Å². The maximum absolute atomic E-state index is 12.7. The first-order valence-electron chi connectivity index (χ1n) is 9.93. The third kappa shape index (κ3) is 4.81. The minimum absolute atomic E-state index is 0.0661. The van der Waals surface area contributed by atoms with Crippen LogP contribution in [0.4, 0.5) is 0 Å². The highest BCUT2D eigenvalue weighted by Gasteiger charge is 2.40. The number of hydrogen-bond acceptors (Lipinski definition) is 4. The number of aryl methyl sites for hydroxylation is 1. The predicted molar refractivity (Wildman–Crippen MR) is 110 cm³/mol. The molecule has 5 heteroatoms. The summed E-state index contributed by atoms with van der Waals surface area (Å²) in [7, 11) is 2.20. The van der Waals surface area contributed by atoms with E-state index in [1.807, 2.05) is 6.92 Å². The molecule has 144 valence electrons. The Bertz CT molecular complexity index is 590. The van der Waals surface area contributed by atoms with E-state index in [1.165, 1.54) is 31.2 Å². The Kier molecular flexibility index (Phi) is 6.65. The van der Waals surface area contributed by atoms with Crippen molar-refractivity contribution in [3.8, 4) is 0 Å². The molecule has 1 aromatic rings. The van der Waals surface area contributed by atoms with Gasteiger partial charge in [-0.05, 0) is 45.9 Å². The second-order valence-corrected chi connectivity index (χ2v) is 9.43. The number of rotatable bonds is 6. The van der Waals surface area contributed by atoms with Crippen molar-refractivity contribution in [2.75, 3.05) is 39.8 Å². The van der Waals surface area contributed by atoms with Crippen LogP contribution in [0.25, 0.3) is 0 Å². The standard InChI is InChI=1S/C21H33N3OS/c1-17-6-8-19(9-7-17)26-18(2)20(25)22-16-21(10-4-5-11-21)24-14-12-23(3)13-15-24/h6-9,18H,4-5,10-16H2,1-3H3,(H,22,25). The van der Waals surface area contributed by atoms with Crippen molar-refractivity contribution in [3.63, 3.8) is 0 Å². The Balaban J connectivity index is 1.55. The number of carbonyl (C=O) groups excluding carboxylic acids is 1. The van der Waals surface area contributed by atoms with Crippen LogP contribution in [-0.2, 0) is 4.79 Å². The molecule has 1 saturated carbocycles. The van der Waals surface area contributed by atoms with Crippen LogP contribution in [-0.4, -0.2) is 66.3 Å². The summed E-state index contributed by atoms with van der Waals surface area (Å²) in [5, 5.41) is 3.22. The molecular weight excluding hydrogens is 342 g/mol. The van der Waals surface area contributed by atoms with Gasteiger partial charge >= 0.3 is 0 Å². The molecule has 2 fully saturated rings. The van der Waals surface area contributed by atoms with Gasteiger partial charge in [0.2, 0.25) is 5.91 Å². The number of benzene rings is 1. The summed E-state index contributed by atoms with van der Waals surface area (Å²) in [6.07, 6.45) is 5.01. The molecule has 1 heterocycles. The number of piperazine rings is 1. The summed E-state index contributed by atoms with van der Waals surface area (Å²) in [4.78, 5) is 18.9. The van der Waals surface area contributed by atoms with Gasteiger partial charge in [0.05, 0.1) is 5.25 Å². The summed E-state index contributed by atoms with van der Waals surface area (Å²) in [5.41, 5.74) is 1.44. The highest BCUT2D eigenvalue weighted by molar-refractivity contribution is 8.00. The molecule has 0 spiro atoms. The lowest BCUT2D eigenvalue weighted by Crippen LogP contribution is -2.60. The van der Waals surface area contributed by atoms with Crippen LogP contribution in [0.5, 0.6) is 0 Å². The molecule has 3 rings (SSSR count). The largest absolute Gasteiger partial charge is 0.353 e. The van der Waals surface area contributed by atoms with Crippen molar-refractivity contribution in [2.45, 2.75) is 55.2 Å². The molecule has 26 heavy (non-hydrogen) atoms. The normalized spacial score (nSPS) is 22.3. The lowest BCUT2D eigenvalue weighted by molar-refractivity contribution is -0.121. The van der Waals surface area contributed by atoms with Gasteiger partial charge in [-0.3, -0.25) is 9.69 Å². The maximum atomic E-state index is 12.7. The predicted octanol–water partition coefficient (Wildman–Crippen LogP) is 3.15. The molecule has 2 aliphatic rings. The van der Waals surface area contributed by atoms with E-state index < -0.39 is 0 Å². The quantitative estimate of drug-likeness (QED) is 0.775. The summed E-state index contributed by atoms with van der Waals surface area (Å²) < 4.78 is 0. The molecule has 0 radical (unpaired) electrons. The molecule has 1 aliphatic heterocycles. The van der Waals surface area contributed by atoms with E-state index in [9.17, 15) is 4.79 Å². The van der Waals surface area contributed by atoms with Crippen molar-refractivity contribution in [2.24, 2.45) is 0 Å². The lowest BCUT2D eigenvalue weighted by Gasteiger charge is -2.45. The van der Waals surface area contributed by atoms with Gasteiger partial charge in [0.15, 0.2) is 0 Å². The maximum Gasteiger partial charge on any atom is 0.233 e. The van der Waals surface area contributed by atoms with Gasteiger partial charge < -0.3 is 10.2 Å². The second-order valence-electron chi connectivity index (χ2n) is 8.01. The summed E-state index contributed by atoms with van der Waals surface area (Å²) in [6, 6.07) is 8.42. The van der Waals surface area contributed by atoms with E-state index in [1.54, 1.807) is 11.8 Å². The number of carbonyl (C=O) groups is 1. The summed E-state index contributed by atoms with van der Waals surface area (Å²) >= 11 is 1.65. The van der Waals surface area contributed by atoms with Crippen LogP contribution in [0.1, 0.15) is 38.2 Å². The first kappa shape index (κ1) is 19.7. The van der Waals surface area contributed by atoms with Crippen molar-refractivity contribution in [1.82, 2.24) is 15.1 Å². The van der Waals surface area contributed by atoms with Gasteiger partial charge in [0, 0.05) is 43.2 Å². The van der Waals surface area contributed by atoms with Crippen LogP contribution >= 0.6 is 11.8 Å². The molecule has 1 amide bonds. The SMILES string of the molecule is Cc1ccc(SC(C)C(=O)NCC2(N3CCN(C)CC3)CCCC2)cc1. The fourth-order valence-corrected chi connectivity index (χ4v) is 5.08. The van der Waals surface area contributed by atoms with Crippen molar-refractivity contribution in [1.29, 1.82) is 0 Å². The molecule has 0 aromatic heterocycles. The third-order valence-electron chi connectivity index (χ3n) is 6.00. The molecule has 1 atom stereocenters. The fraction of sp³-hybridized carbons (Fsp3) is 0.667. The number of nitrogens with one attached hydrogen (secondary N) is 1. The number of thioether (sulfide) groups is 1.